The van der Waals surface area contributed by atoms with Crippen LogP contribution in [0.1, 0.15) is 49.7 Å². The highest BCUT2D eigenvalue weighted by atomic mass is 16.5. The highest BCUT2D eigenvalue weighted by Gasteiger charge is 2.39. The highest BCUT2D eigenvalue weighted by Crippen LogP contribution is 2.45. The van der Waals surface area contributed by atoms with Crippen molar-refractivity contribution in [3.63, 3.8) is 0 Å². The first-order valence-electron chi connectivity index (χ1n) is 10.3. The van der Waals surface area contributed by atoms with Crippen LogP contribution in [0.15, 0.2) is 48.5 Å². The van der Waals surface area contributed by atoms with Crippen LogP contribution in [0.5, 0.6) is 0 Å². The molecule has 0 aliphatic heterocycles. The van der Waals surface area contributed by atoms with Gasteiger partial charge in [-0.15, -0.1) is 0 Å². The van der Waals surface area contributed by atoms with Gasteiger partial charge in [-0.05, 0) is 46.4 Å². The topological polar surface area (TPSA) is 75.6 Å². The van der Waals surface area contributed by atoms with Crippen LogP contribution in [0.2, 0.25) is 0 Å². The van der Waals surface area contributed by atoms with Gasteiger partial charge in [-0.2, -0.15) is 0 Å². The summed E-state index contributed by atoms with van der Waals surface area (Å²) >= 11 is 0. The maximum absolute atomic E-state index is 12.4. The van der Waals surface area contributed by atoms with Crippen molar-refractivity contribution < 1.29 is 19.4 Å². The van der Waals surface area contributed by atoms with Crippen LogP contribution in [0.3, 0.4) is 0 Å². The fourth-order valence-electron chi connectivity index (χ4n) is 5.11. The normalized spacial score (nSPS) is 22.7. The molecule has 2 aromatic rings. The van der Waals surface area contributed by atoms with Gasteiger partial charge in [-0.3, -0.25) is 4.79 Å². The van der Waals surface area contributed by atoms with Gasteiger partial charge in [0.2, 0.25) is 0 Å². The fraction of sp³-hybridized carbons (Fsp3) is 0.417. The number of benzene rings is 2. The maximum atomic E-state index is 12.4. The Labute approximate surface area is 171 Å². The second kappa shape index (κ2) is 7.90. The number of carboxylic acid groups (broad SMARTS) is 1. The van der Waals surface area contributed by atoms with E-state index in [0.717, 1.165) is 19.3 Å². The van der Waals surface area contributed by atoms with E-state index in [-0.39, 0.29) is 24.4 Å². The average Bonchev–Trinajstić information content (AvgIpc) is 3.22. The van der Waals surface area contributed by atoms with Crippen molar-refractivity contribution in [3.8, 4) is 11.1 Å². The molecule has 1 amide bonds. The number of ether oxygens (including phenoxy) is 1. The summed E-state index contributed by atoms with van der Waals surface area (Å²) < 4.78 is 5.58. The van der Waals surface area contributed by atoms with Crippen LogP contribution in [-0.2, 0) is 9.53 Å². The lowest BCUT2D eigenvalue weighted by Crippen LogP contribution is -2.38. The number of amides is 1. The van der Waals surface area contributed by atoms with Crippen molar-refractivity contribution in [2.24, 2.45) is 11.3 Å². The first-order valence-corrected chi connectivity index (χ1v) is 10.3. The van der Waals surface area contributed by atoms with Gasteiger partial charge >= 0.3 is 12.1 Å². The number of rotatable bonds is 6. The number of carbonyl (C=O) groups excluding carboxylic acids is 1. The molecule has 2 aliphatic rings. The lowest BCUT2D eigenvalue weighted by atomic mass is 9.82. The maximum Gasteiger partial charge on any atom is 0.407 e. The van der Waals surface area contributed by atoms with Crippen LogP contribution in [-0.4, -0.2) is 30.3 Å². The number of carboxylic acids is 1. The Morgan fingerprint density at radius 1 is 1.10 bits per heavy atom. The minimum Gasteiger partial charge on any atom is -0.481 e. The Bertz CT molecular complexity index is 879. The van der Waals surface area contributed by atoms with Crippen molar-refractivity contribution in [1.82, 2.24) is 5.32 Å². The van der Waals surface area contributed by atoms with Crippen LogP contribution in [0.25, 0.3) is 11.1 Å². The monoisotopic (exact) mass is 393 g/mol. The van der Waals surface area contributed by atoms with Gasteiger partial charge in [0.25, 0.3) is 0 Å². The second-order valence-corrected chi connectivity index (χ2v) is 8.60. The molecule has 2 N–H and O–H groups in total. The van der Waals surface area contributed by atoms with Crippen LogP contribution in [0, 0.1) is 11.3 Å². The van der Waals surface area contributed by atoms with Crippen LogP contribution < -0.4 is 5.32 Å². The van der Waals surface area contributed by atoms with E-state index in [2.05, 4.69) is 36.5 Å². The number of aliphatic carboxylic acids is 1. The standard InChI is InChI=1S/C24H27NO4/c1-16-10-11-24(12-16,13-22(26)27)15-25-23(28)29-14-21-19-8-4-2-6-17(19)18-7-3-5-9-20(18)21/h2-9,16,21H,10-15H2,1H3,(H,25,28)(H,26,27). The largest absolute Gasteiger partial charge is 0.481 e. The SMILES string of the molecule is CC1CCC(CNC(=O)OCC2c3ccccc3-c3ccccc32)(CC(=O)O)C1. The summed E-state index contributed by atoms with van der Waals surface area (Å²) in [6, 6.07) is 16.4. The Morgan fingerprint density at radius 2 is 1.72 bits per heavy atom. The summed E-state index contributed by atoms with van der Waals surface area (Å²) in [6.07, 6.45) is 2.25. The lowest BCUT2D eigenvalue weighted by Gasteiger charge is -2.27. The zero-order chi connectivity index (χ0) is 20.4. The Hall–Kier alpha value is -2.82. The van der Waals surface area contributed by atoms with Crippen molar-refractivity contribution in [2.45, 2.75) is 38.5 Å². The molecule has 152 valence electrons. The number of fused-ring (bicyclic) bond motifs is 3. The first-order chi connectivity index (χ1) is 14.0. The molecule has 0 spiro atoms. The van der Waals surface area contributed by atoms with E-state index in [9.17, 15) is 14.7 Å². The van der Waals surface area contributed by atoms with E-state index in [4.69, 9.17) is 4.74 Å². The third-order valence-corrected chi connectivity index (χ3v) is 6.43. The molecule has 2 atom stereocenters. The van der Waals surface area contributed by atoms with Gasteiger partial charge in [0.05, 0.1) is 6.42 Å². The number of alkyl carbamates (subject to hydrolysis) is 1. The fourth-order valence-corrected chi connectivity index (χ4v) is 5.11. The molecule has 2 aromatic carbocycles. The molecule has 5 nitrogen and oxygen atoms in total. The minimum atomic E-state index is -0.812. The number of nitrogens with one attached hydrogen (secondary N) is 1. The van der Waals surface area contributed by atoms with E-state index < -0.39 is 12.1 Å². The molecule has 0 heterocycles. The zero-order valence-corrected chi connectivity index (χ0v) is 16.7. The molecule has 2 aliphatic carbocycles. The van der Waals surface area contributed by atoms with Gasteiger partial charge in [-0.1, -0.05) is 61.9 Å². The summed E-state index contributed by atoms with van der Waals surface area (Å²) in [6.45, 7) is 2.75. The Balaban J connectivity index is 1.39. The Kier molecular flexibility index (Phi) is 5.31. The van der Waals surface area contributed by atoms with Crippen LogP contribution >= 0.6 is 0 Å². The number of hydrogen-bond donors (Lipinski definition) is 2. The third kappa shape index (κ3) is 4.00. The van der Waals surface area contributed by atoms with Crippen molar-refractivity contribution in [2.75, 3.05) is 13.2 Å². The lowest BCUT2D eigenvalue weighted by molar-refractivity contribution is -0.139. The first kappa shape index (κ1) is 19.5. The van der Waals surface area contributed by atoms with Gasteiger partial charge in [0, 0.05) is 12.5 Å². The predicted molar refractivity (Wildman–Crippen MR) is 111 cm³/mol. The zero-order valence-electron chi connectivity index (χ0n) is 16.7. The summed E-state index contributed by atoms with van der Waals surface area (Å²) in [5.74, 6) is -0.306. The molecule has 0 saturated heterocycles. The summed E-state index contributed by atoms with van der Waals surface area (Å²) in [7, 11) is 0. The van der Waals surface area contributed by atoms with Gasteiger partial charge in [0.15, 0.2) is 0 Å². The highest BCUT2D eigenvalue weighted by molar-refractivity contribution is 5.79. The van der Waals surface area contributed by atoms with E-state index in [1.165, 1.54) is 22.3 Å². The van der Waals surface area contributed by atoms with Crippen molar-refractivity contribution in [3.05, 3.63) is 59.7 Å². The van der Waals surface area contributed by atoms with Crippen molar-refractivity contribution in [1.29, 1.82) is 0 Å². The molecular weight excluding hydrogens is 366 g/mol. The van der Waals surface area contributed by atoms with E-state index >= 15 is 0 Å². The van der Waals surface area contributed by atoms with E-state index in [0.29, 0.717) is 12.5 Å². The molecule has 0 bridgehead atoms. The average molecular weight is 393 g/mol. The molecule has 4 rings (SSSR count). The molecule has 0 radical (unpaired) electrons. The summed E-state index contributed by atoms with van der Waals surface area (Å²) in [5.41, 5.74) is 4.37. The summed E-state index contributed by atoms with van der Waals surface area (Å²) in [4.78, 5) is 23.7. The van der Waals surface area contributed by atoms with Gasteiger partial charge in [-0.25, -0.2) is 4.79 Å². The molecule has 29 heavy (non-hydrogen) atoms. The molecule has 1 saturated carbocycles. The van der Waals surface area contributed by atoms with Crippen LogP contribution in [0.4, 0.5) is 4.79 Å². The van der Waals surface area contributed by atoms with Gasteiger partial charge < -0.3 is 15.2 Å². The molecule has 0 aromatic heterocycles. The quantitative estimate of drug-likeness (QED) is 0.739. The predicted octanol–water partition coefficient (Wildman–Crippen LogP) is 4.81. The molecular formula is C24H27NO4. The number of carbonyl (C=O) groups is 2. The minimum absolute atomic E-state index is 0.0210. The van der Waals surface area contributed by atoms with E-state index in [1.54, 1.807) is 0 Å². The smallest absolute Gasteiger partial charge is 0.407 e. The van der Waals surface area contributed by atoms with E-state index in [1.807, 2.05) is 24.3 Å². The summed E-state index contributed by atoms with van der Waals surface area (Å²) in [5, 5.41) is 12.1. The Morgan fingerprint density at radius 3 is 2.28 bits per heavy atom. The molecule has 5 heteroatoms. The third-order valence-electron chi connectivity index (χ3n) is 6.43. The molecule has 1 fully saturated rings. The van der Waals surface area contributed by atoms with Crippen molar-refractivity contribution >= 4 is 12.1 Å². The van der Waals surface area contributed by atoms with Gasteiger partial charge in [0.1, 0.15) is 6.61 Å². The number of hydrogen-bond acceptors (Lipinski definition) is 3. The second-order valence-electron chi connectivity index (χ2n) is 8.60. The molecule has 2 unspecified atom stereocenters.